The molecule has 1 aliphatic rings. The standard InChI is InChI=1S/C14H8O2.C7H6O2/c15-13-9-5-1-2-6-10(9)14(16)12-8-4-3-7-11(12)13;8-7(9)6-4-2-1-3-5-6/h1-8H;1-5H,(H,8,9). The molecule has 25 heavy (non-hydrogen) atoms. The molecule has 1 N–H and O–H groups in total. The van der Waals surface area contributed by atoms with Crippen LogP contribution >= 0.6 is 0 Å². The Kier molecular flexibility index (Phi) is 4.53. The van der Waals surface area contributed by atoms with Crippen LogP contribution in [0.1, 0.15) is 42.2 Å². The molecule has 3 aromatic rings. The van der Waals surface area contributed by atoms with Gasteiger partial charge in [0.15, 0.2) is 11.6 Å². The number of rotatable bonds is 1. The van der Waals surface area contributed by atoms with E-state index in [1.54, 1.807) is 78.9 Å². The maximum absolute atomic E-state index is 12.1. The van der Waals surface area contributed by atoms with Crippen LogP contribution in [-0.4, -0.2) is 22.6 Å². The number of fused-ring (bicyclic) bond motifs is 2. The number of ketones is 2. The monoisotopic (exact) mass is 330 g/mol. The molecule has 0 aliphatic heterocycles. The molecule has 0 spiro atoms. The Balaban J connectivity index is 0.000000173. The van der Waals surface area contributed by atoms with E-state index in [2.05, 4.69) is 0 Å². The number of carbonyl (C=O) groups is 3. The molecule has 0 heterocycles. The van der Waals surface area contributed by atoms with E-state index < -0.39 is 5.97 Å². The first-order chi connectivity index (χ1) is 12.1. The summed E-state index contributed by atoms with van der Waals surface area (Å²) in [6, 6.07) is 22.2. The molecule has 3 aromatic carbocycles. The summed E-state index contributed by atoms with van der Waals surface area (Å²) in [5.41, 5.74) is 2.35. The molecular weight excluding hydrogens is 316 g/mol. The lowest BCUT2D eigenvalue weighted by Gasteiger charge is -2.16. The van der Waals surface area contributed by atoms with Crippen LogP contribution in [0.5, 0.6) is 0 Å². The van der Waals surface area contributed by atoms with Gasteiger partial charge in [0.2, 0.25) is 0 Å². The van der Waals surface area contributed by atoms with Crippen molar-refractivity contribution in [2.45, 2.75) is 0 Å². The maximum atomic E-state index is 12.1. The van der Waals surface area contributed by atoms with Crippen molar-refractivity contribution in [3.63, 3.8) is 0 Å². The Labute approximate surface area is 144 Å². The average molecular weight is 330 g/mol. The van der Waals surface area contributed by atoms with E-state index in [0.717, 1.165) is 0 Å². The molecule has 4 rings (SSSR count). The smallest absolute Gasteiger partial charge is 0.335 e. The SMILES string of the molecule is O=C(O)c1ccccc1.O=C1c2ccccc2C(=O)c2ccccc21. The summed E-state index contributed by atoms with van der Waals surface area (Å²) < 4.78 is 0. The van der Waals surface area contributed by atoms with Gasteiger partial charge in [-0.15, -0.1) is 0 Å². The quantitative estimate of drug-likeness (QED) is 0.575. The van der Waals surface area contributed by atoms with Crippen molar-refractivity contribution in [2.24, 2.45) is 0 Å². The van der Waals surface area contributed by atoms with Crippen LogP contribution in [-0.2, 0) is 0 Å². The van der Waals surface area contributed by atoms with Crippen molar-refractivity contribution in [3.05, 3.63) is 107 Å². The third kappa shape index (κ3) is 3.23. The number of aromatic carboxylic acids is 1. The second-order valence-electron chi connectivity index (χ2n) is 5.42. The predicted molar refractivity (Wildman–Crippen MR) is 93.2 cm³/mol. The second-order valence-corrected chi connectivity index (χ2v) is 5.42. The number of carbonyl (C=O) groups excluding carboxylic acids is 2. The molecular formula is C21H14O4. The van der Waals surface area contributed by atoms with Gasteiger partial charge >= 0.3 is 5.97 Å². The van der Waals surface area contributed by atoms with Crippen molar-refractivity contribution < 1.29 is 19.5 Å². The fourth-order valence-corrected chi connectivity index (χ4v) is 2.63. The first kappa shape index (κ1) is 16.3. The van der Waals surface area contributed by atoms with Crippen molar-refractivity contribution in [1.82, 2.24) is 0 Å². The van der Waals surface area contributed by atoms with E-state index in [4.69, 9.17) is 5.11 Å². The van der Waals surface area contributed by atoms with Crippen LogP contribution in [0.3, 0.4) is 0 Å². The van der Waals surface area contributed by atoms with Gasteiger partial charge in [0.1, 0.15) is 0 Å². The van der Waals surface area contributed by atoms with Gasteiger partial charge in [0, 0.05) is 22.3 Å². The Hall–Kier alpha value is -3.53. The molecule has 1 aliphatic carbocycles. The first-order valence-electron chi connectivity index (χ1n) is 7.65. The molecule has 122 valence electrons. The van der Waals surface area contributed by atoms with E-state index >= 15 is 0 Å². The molecule has 0 radical (unpaired) electrons. The Morgan fingerprint density at radius 1 is 0.560 bits per heavy atom. The minimum Gasteiger partial charge on any atom is -0.478 e. The number of hydrogen-bond donors (Lipinski definition) is 1. The van der Waals surface area contributed by atoms with Gasteiger partial charge in [-0.2, -0.15) is 0 Å². The van der Waals surface area contributed by atoms with Gasteiger partial charge in [0.05, 0.1) is 5.56 Å². The minimum atomic E-state index is -0.879. The van der Waals surface area contributed by atoms with E-state index in [1.807, 2.05) is 0 Å². The third-order valence-corrected chi connectivity index (χ3v) is 3.85. The Morgan fingerprint density at radius 3 is 1.16 bits per heavy atom. The molecule has 4 heteroatoms. The fraction of sp³-hybridized carbons (Fsp3) is 0. The average Bonchev–Trinajstić information content (AvgIpc) is 2.67. The molecule has 0 amide bonds. The summed E-state index contributed by atoms with van der Waals surface area (Å²) in [7, 11) is 0. The zero-order valence-electron chi connectivity index (χ0n) is 13.2. The highest BCUT2D eigenvalue weighted by Gasteiger charge is 2.28. The lowest BCUT2D eigenvalue weighted by Crippen LogP contribution is -2.20. The van der Waals surface area contributed by atoms with Crippen LogP contribution in [0.25, 0.3) is 0 Å². The summed E-state index contributed by atoms with van der Waals surface area (Å²) in [6.07, 6.45) is 0. The summed E-state index contributed by atoms with van der Waals surface area (Å²) in [5.74, 6) is -1.01. The molecule has 0 aromatic heterocycles. The molecule has 0 atom stereocenters. The number of carboxylic acids is 1. The van der Waals surface area contributed by atoms with Gasteiger partial charge in [0.25, 0.3) is 0 Å². The minimum absolute atomic E-state index is 0.0641. The zero-order chi connectivity index (χ0) is 17.8. The molecule has 0 unspecified atom stereocenters. The third-order valence-electron chi connectivity index (χ3n) is 3.85. The Morgan fingerprint density at radius 2 is 0.880 bits per heavy atom. The Bertz CT molecular complexity index is 853. The highest BCUT2D eigenvalue weighted by molar-refractivity contribution is 6.28. The van der Waals surface area contributed by atoms with Crippen molar-refractivity contribution in [3.8, 4) is 0 Å². The fourth-order valence-electron chi connectivity index (χ4n) is 2.63. The van der Waals surface area contributed by atoms with Crippen LogP contribution < -0.4 is 0 Å². The topological polar surface area (TPSA) is 71.4 Å². The largest absolute Gasteiger partial charge is 0.478 e. The summed E-state index contributed by atoms with van der Waals surface area (Å²) in [6.45, 7) is 0. The number of carboxylic acid groups (broad SMARTS) is 1. The summed E-state index contributed by atoms with van der Waals surface area (Å²) >= 11 is 0. The van der Waals surface area contributed by atoms with E-state index in [0.29, 0.717) is 27.8 Å². The molecule has 0 saturated carbocycles. The lowest BCUT2D eigenvalue weighted by molar-refractivity contribution is 0.0696. The summed E-state index contributed by atoms with van der Waals surface area (Å²) in [4.78, 5) is 34.4. The summed E-state index contributed by atoms with van der Waals surface area (Å²) in [5, 5.41) is 8.38. The molecule has 0 bridgehead atoms. The van der Waals surface area contributed by atoms with E-state index in [9.17, 15) is 14.4 Å². The predicted octanol–water partition coefficient (Wildman–Crippen LogP) is 3.85. The van der Waals surface area contributed by atoms with Gasteiger partial charge in [-0.05, 0) is 12.1 Å². The maximum Gasteiger partial charge on any atom is 0.335 e. The first-order valence-corrected chi connectivity index (χ1v) is 7.65. The van der Waals surface area contributed by atoms with E-state index in [-0.39, 0.29) is 11.6 Å². The number of hydrogen-bond acceptors (Lipinski definition) is 3. The van der Waals surface area contributed by atoms with Crippen LogP contribution in [0.15, 0.2) is 78.9 Å². The van der Waals surface area contributed by atoms with Gasteiger partial charge in [-0.3, -0.25) is 9.59 Å². The lowest BCUT2D eigenvalue weighted by atomic mass is 9.84. The highest BCUT2D eigenvalue weighted by Crippen LogP contribution is 2.26. The molecule has 0 fully saturated rings. The van der Waals surface area contributed by atoms with Crippen molar-refractivity contribution in [1.29, 1.82) is 0 Å². The van der Waals surface area contributed by atoms with Crippen LogP contribution in [0, 0.1) is 0 Å². The molecule has 4 nitrogen and oxygen atoms in total. The van der Waals surface area contributed by atoms with E-state index in [1.165, 1.54) is 0 Å². The highest BCUT2D eigenvalue weighted by atomic mass is 16.4. The van der Waals surface area contributed by atoms with Crippen LogP contribution in [0.2, 0.25) is 0 Å². The second kappa shape index (κ2) is 6.93. The zero-order valence-corrected chi connectivity index (χ0v) is 13.2. The van der Waals surface area contributed by atoms with Gasteiger partial charge in [-0.1, -0.05) is 66.7 Å². The molecule has 0 saturated heterocycles. The normalized spacial score (nSPS) is 11.7. The van der Waals surface area contributed by atoms with Crippen molar-refractivity contribution >= 4 is 17.5 Å². The van der Waals surface area contributed by atoms with Gasteiger partial charge in [-0.25, -0.2) is 4.79 Å². The van der Waals surface area contributed by atoms with Crippen LogP contribution in [0.4, 0.5) is 0 Å². The van der Waals surface area contributed by atoms with Crippen molar-refractivity contribution in [2.75, 3.05) is 0 Å². The van der Waals surface area contributed by atoms with Gasteiger partial charge < -0.3 is 5.11 Å². The number of benzene rings is 3.